The van der Waals surface area contributed by atoms with Gasteiger partial charge >= 0.3 is 0 Å². The Morgan fingerprint density at radius 1 is 1.36 bits per heavy atom. The molecule has 2 saturated heterocycles. The molecule has 0 aliphatic carbocycles. The molecule has 2 N–H and O–H groups in total. The molecule has 3 heterocycles. The third-order valence-electron chi connectivity index (χ3n) is 4.89. The quantitative estimate of drug-likeness (QED) is 0.863. The van der Waals surface area contributed by atoms with E-state index >= 15 is 0 Å². The van der Waals surface area contributed by atoms with Gasteiger partial charge in [0.25, 0.3) is 5.91 Å². The molecule has 6 heteroatoms. The maximum absolute atomic E-state index is 12.6. The SMILES string of the molecule is O=C(N[C@@H]1CCCC2CCN2C1)c1n[nH]c2ccc(Br)cc12. The average molecular weight is 363 g/mol. The van der Waals surface area contributed by atoms with Gasteiger partial charge in [0, 0.05) is 28.5 Å². The molecule has 1 amide bonds. The molecule has 2 aliphatic heterocycles. The standard InChI is InChI=1S/C16H19BrN4O/c17-10-4-5-14-13(8-10)15(20-19-14)16(22)18-11-2-1-3-12-6-7-21(12)9-11/h4-5,8,11-12H,1-3,6-7,9H2,(H,18,22)(H,19,20)/t11-,12?/m1/s1. The minimum Gasteiger partial charge on any atom is -0.347 e. The van der Waals surface area contributed by atoms with Gasteiger partial charge in [-0.15, -0.1) is 0 Å². The number of aromatic amines is 1. The minimum absolute atomic E-state index is 0.0756. The Balaban J connectivity index is 1.52. The molecule has 2 fully saturated rings. The molecule has 4 rings (SSSR count). The first-order valence-corrected chi connectivity index (χ1v) is 8.68. The molecular formula is C16H19BrN4O. The highest BCUT2D eigenvalue weighted by Gasteiger charge is 2.33. The van der Waals surface area contributed by atoms with E-state index in [1.807, 2.05) is 18.2 Å². The Bertz CT molecular complexity index is 713. The van der Waals surface area contributed by atoms with Crippen LogP contribution in [0.1, 0.15) is 36.2 Å². The number of nitrogens with zero attached hydrogens (tertiary/aromatic N) is 2. The Hall–Kier alpha value is -1.40. The topological polar surface area (TPSA) is 61.0 Å². The van der Waals surface area contributed by atoms with Crippen molar-refractivity contribution in [2.45, 2.75) is 37.8 Å². The van der Waals surface area contributed by atoms with Gasteiger partial charge in [-0.1, -0.05) is 15.9 Å². The van der Waals surface area contributed by atoms with Crippen LogP contribution >= 0.6 is 15.9 Å². The third-order valence-corrected chi connectivity index (χ3v) is 5.38. The number of carbonyl (C=O) groups is 1. The molecule has 5 nitrogen and oxygen atoms in total. The van der Waals surface area contributed by atoms with Crippen LogP contribution in [0.5, 0.6) is 0 Å². The minimum atomic E-state index is -0.0756. The number of fused-ring (bicyclic) bond motifs is 2. The second-order valence-electron chi connectivity index (χ2n) is 6.30. The van der Waals surface area contributed by atoms with Crippen LogP contribution in [0.2, 0.25) is 0 Å². The van der Waals surface area contributed by atoms with Gasteiger partial charge in [0.2, 0.25) is 0 Å². The molecule has 2 aromatic rings. The van der Waals surface area contributed by atoms with Crippen LogP contribution in [0, 0.1) is 0 Å². The lowest BCUT2D eigenvalue weighted by atomic mass is 10.00. The van der Waals surface area contributed by atoms with Crippen LogP contribution in [0.3, 0.4) is 0 Å². The number of benzene rings is 1. The van der Waals surface area contributed by atoms with Crippen LogP contribution in [0.15, 0.2) is 22.7 Å². The van der Waals surface area contributed by atoms with Gasteiger partial charge in [0.15, 0.2) is 5.69 Å². The van der Waals surface area contributed by atoms with Crippen molar-refractivity contribution in [2.75, 3.05) is 13.1 Å². The summed E-state index contributed by atoms with van der Waals surface area (Å²) in [7, 11) is 0. The van der Waals surface area contributed by atoms with E-state index in [4.69, 9.17) is 0 Å². The van der Waals surface area contributed by atoms with Gasteiger partial charge in [-0.2, -0.15) is 5.10 Å². The molecule has 2 atom stereocenters. The number of hydrogen-bond donors (Lipinski definition) is 2. The molecule has 2 aliphatic rings. The largest absolute Gasteiger partial charge is 0.347 e. The summed E-state index contributed by atoms with van der Waals surface area (Å²) in [6.07, 6.45) is 4.84. The second-order valence-corrected chi connectivity index (χ2v) is 7.22. The van der Waals surface area contributed by atoms with Gasteiger partial charge in [-0.3, -0.25) is 14.8 Å². The van der Waals surface area contributed by atoms with E-state index in [0.717, 1.165) is 34.4 Å². The number of aromatic nitrogens is 2. The highest BCUT2D eigenvalue weighted by atomic mass is 79.9. The van der Waals surface area contributed by atoms with Crippen molar-refractivity contribution in [3.05, 3.63) is 28.4 Å². The van der Waals surface area contributed by atoms with E-state index < -0.39 is 0 Å². The van der Waals surface area contributed by atoms with E-state index in [0.29, 0.717) is 5.69 Å². The van der Waals surface area contributed by atoms with Crippen molar-refractivity contribution in [2.24, 2.45) is 0 Å². The van der Waals surface area contributed by atoms with Crippen molar-refractivity contribution < 1.29 is 4.79 Å². The van der Waals surface area contributed by atoms with Crippen LogP contribution in [0.4, 0.5) is 0 Å². The molecule has 0 radical (unpaired) electrons. The molecular weight excluding hydrogens is 344 g/mol. The van der Waals surface area contributed by atoms with E-state index in [9.17, 15) is 4.79 Å². The summed E-state index contributed by atoms with van der Waals surface area (Å²) in [4.78, 5) is 15.1. The summed E-state index contributed by atoms with van der Waals surface area (Å²) in [5, 5.41) is 11.2. The van der Waals surface area contributed by atoms with Gasteiger partial charge in [0.05, 0.1) is 5.52 Å². The molecule has 1 aromatic carbocycles. The van der Waals surface area contributed by atoms with Crippen molar-refractivity contribution in [1.29, 1.82) is 0 Å². The fourth-order valence-corrected chi connectivity index (χ4v) is 3.93. The van der Waals surface area contributed by atoms with Crippen molar-refractivity contribution >= 4 is 32.7 Å². The van der Waals surface area contributed by atoms with E-state index in [1.54, 1.807) is 0 Å². The molecule has 116 valence electrons. The van der Waals surface area contributed by atoms with E-state index in [2.05, 4.69) is 36.3 Å². The molecule has 1 unspecified atom stereocenters. The smallest absolute Gasteiger partial charge is 0.272 e. The predicted octanol–water partition coefficient (Wildman–Crippen LogP) is 2.68. The second kappa shape index (κ2) is 5.66. The van der Waals surface area contributed by atoms with Gasteiger partial charge in [-0.05, 0) is 50.4 Å². The number of carbonyl (C=O) groups excluding carboxylic acids is 1. The molecule has 22 heavy (non-hydrogen) atoms. The number of H-pyrrole nitrogens is 1. The molecule has 0 saturated carbocycles. The Labute approximate surface area is 137 Å². The molecule has 1 aromatic heterocycles. The molecule has 0 bridgehead atoms. The first-order chi connectivity index (χ1) is 10.7. The highest BCUT2D eigenvalue weighted by molar-refractivity contribution is 9.10. The number of rotatable bonds is 2. The lowest BCUT2D eigenvalue weighted by Gasteiger charge is -2.40. The van der Waals surface area contributed by atoms with Crippen molar-refractivity contribution in [1.82, 2.24) is 20.4 Å². The lowest BCUT2D eigenvalue weighted by molar-refractivity contribution is 0.0787. The van der Waals surface area contributed by atoms with Gasteiger partial charge in [-0.25, -0.2) is 0 Å². The van der Waals surface area contributed by atoms with E-state index in [-0.39, 0.29) is 11.9 Å². The first kappa shape index (κ1) is 14.2. The van der Waals surface area contributed by atoms with Crippen LogP contribution in [-0.2, 0) is 0 Å². The van der Waals surface area contributed by atoms with Gasteiger partial charge < -0.3 is 5.32 Å². The van der Waals surface area contributed by atoms with Crippen molar-refractivity contribution in [3.63, 3.8) is 0 Å². The summed E-state index contributed by atoms with van der Waals surface area (Å²) in [5.41, 5.74) is 1.37. The summed E-state index contributed by atoms with van der Waals surface area (Å²) in [6, 6.07) is 6.80. The lowest BCUT2D eigenvalue weighted by Crippen LogP contribution is -2.52. The van der Waals surface area contributed by atoms with Crippen LogP contribution in [-0.4, -0.2) is 46.2 Å². The third kappa shape index (κ3) is 2.54. The number of amides is 1. The predicted molar refractivity (Wildman–Crippen MR) is 88.9 cm³/mol. The number of hydrogen-bond acceptors (Lipinski definition) is 3. The fraction of sp³-hybridized carbons (Fsp3) is 0.500. The van der Waals surface area contributed by atoms with Crippen molar-refractivity contribution in [3.8, 4) is 0 Å². The maximum atomic E-state index is 12.6. The molecule has 0 spiro atoms. The number of halogens is 1. The first-order valence-electron chi connectivity index (χ1n) is 7.89. The monoisotopic (exact) mass is 362 g/mol. The summed E-state index contributed by atoms with van der Waals surface area (Å²) in [6.45, 7) is 2.15. The zero-order valence-corrected chi connectivity index (χ0v) is 13.9. The fourth-order valence-electron chi connectivity index (χ4n) is 3.57. The maximum Gasteiger partial charge on any atom is 0.272 e. The Morgan fingerprint density at radius 2 is 2.27 bits per heavy atom. The summed E-state index contributed by atoms with van der Waals surface area (Å²) in [5.74, 6) is -0.0756. The van der Waals surface area contributed by atoms with Crippen LogP contribution < -0.4 is 5.32 Å². The van der Waals surface area contributed by atoms with E-state index in [1.165, 1.54) is 25.8 Å². The zero-order chi connectivity index (χ0) is 15.1. The summed E-state index contributed by atoms with van der Waals surface area (Å²) >= 11 is 3.45. The summed E-state index contributed by atoms with van der Waals surface area (Å²) < 4.78 is 0.952. The Kier molecular flexibility index (Phi) is 3.66. The Morgan fingerprint density at radius 3 is 3.09 bits per heavy atom. The normalized spacial score (nSPS) is 25.3. The zero-order valence-electron chi connectivity index (χ0n) is 12.3. The highest BCUT2D eigenvalue weighted by Crippen LogP contribution is 2.27. The van der Waals surface area contributed by atoms with Crippen LogP contribution in [0.25, 0.3) is 10.9 Å². The number of nitrogens with one attached hydrogen (secondary N) is 2. The average Bonchev–Trinajstić information content (AvgIpc) is 2.84. The van der Waals surface area contributed by atoms with Gasteiger partial charge in [0.1, 0.15) is 0 Å².